The maximum atomic E-state index is 12.9. The van der Waals surface area contributed by atoms with Crippen molar-refractivity contribution in [1.82, 2.24) is 20.4 Å². The van der Waals surface area contributed by atoms with Gasteiger partial charge in [-0.2, -0.15) is 0 Å². The Balaban J connectivity index is 1.35. The first-order valence-electron chi connectivity index (χ1n) is 9.82. The first-order chi connectivity index (χ1) is 13.1. The second-order valence-corrected chi connectivity index (χ2v) is 8.09. The highest BCUT2D eigenvalue weighted by atomic mass is 16.2. The third kappa shape index (κ3) is 2.76. The van der Waals surface area contributed by atoms with Crippen LogP contribution in [-0.4, -0.2) is 59.2 Å². The Labute approximate surface area is 158 Å². The van der Waals surface area contributed by atoms with E-state index < -0.39 is 6.04 Å². The molecule has 3 amide bonds. The van der Waals surface area contributed by atoms with E-state index in [0.717, 1.165) is 37.7 Å². The van der Waals surface area contributed by atoms with Crippen molar-refractivity contribution in [2.75, 3.05) is 19.6 Å². The van der Waals surface area contributed by atoms with E-state index in [1.54, 1.807) is 4.90 Å². The first kappa shape index (κ1) is 16.9. The molecule has 0 aliphatic carbocycles. The number of carbonyl (C=O) groups excluding carboxylic acids is 3. The Kier molecular flexibility index (Phi) is 4.02. The second-order valence-electron chi connectivity index (χ2n) is 8.09. The predicted octanol–water partition coefficient (Wildman–Crippen LogP) is 0.241. The van der Waals surface area contributed by atoms with Crippen LogP contribution in [0.25, 0.3) is 0 Å². The molecule has 0 bridgehead atoms. The standard InChI is InChI=1S/C20H24N4O3/c25-18-5-4-17(19(26)22-18)24-11-15-12(2-1-3-14(15)20(24)27)9-23-10-13-8-21-7-6-16(13)23/h1-3,13,16-17,21H,4-11H2,(H,22,25,26). The number of imide groups is 1. The number of likely N-dealkylation sites (tertiary alicyclic amines) is 1. The second kappa shape index (κ2) is 6.42. The molecule has 0 radical (unpaired) electrons. The summed E-state index contributed by atoms with van der Waals surface area (Å²) < 4.78 is 0. The minimum absolute atomic E-state index is 0.0929. The Morgan fingerprint density at radius 3 is 2.85 bits per heavy atom. The average molecular weight is 368 g/mol. The summed E-state index contributed by atoms with van der Waals surface area (Å²) in [6.45, 7) is 4.61. The van der Waals surface area contributed by atoms with E-state index in [4.69, 9.17) is 0 Å². The molecule has 7 nitrogen and oxygen atoms in total. The van der Waals surface area contributed by atoms with Crippen molar-refractivity contribution < 1.29 is 14.4 Å². The molecule has 142 valence electrons. The number of amides is 3. The Hall–Kier alpha value is -2.25. The molecular weight excluding hydrogens is 344 g/mol. The zero-order valence-electron chi connectivity index (χ0n) is 15.2. The molecule has 7 heteroatoms. The Morgan fingerprint density at radius 1 is 1.15 bits per heavy atom. The zero-order chi connectivity index (χ0) is 18.5. The summed E-state index contributed by atoms with van der Waals surface area (Å²) in [5, 5.41) is 5.82. The van der Waals surface area contributed by atoms with Crippen molar-refractivity contribution in [1.29, 1.82) is 0 Å². The van der Waals surface area contributed by atoms with Crippen LogP contribution in [0.5, 0.6) is 0 Å². The number of hydrogen-bond donors (Lipinski definition) is 2. The summed E-state index contributed by atoms with van der Waals surface area (Å²) in [6, 6.07) is 6.00. The number of fused-ring (bicyclic) bond motifs is 2. The van der Waals surface area contributed by atoms with Crippen molar-refractivity contribution in [3.63, 3.8) is 0 Å². The number of nitrogens with one attached hydrogen (secondary N) is 2. The summed E-state index contributed by atoms with van der Waals surface area (Å²) in [5.74, 6) is 0.0477. The highest BCUT2D eigenvalue weighted by Gasteiger charge is 2.42. The molecule has 3 unspecified atom stereocenters. The van der Waals surface area contributed by atoms with Crippen LogP contribution in [-0.2, 0) is 22.7 Å². The van der Waals surface area contributed by atoms with Gasteiger partial charge in [0.2, 0.25) is 11.8 Å². The molecule has 0 spiro atoms. The van der Waals surface area contributed by atoms with E-state index in [0.29, 0.717) is 24.6 Å². The topological polar surface area (TPSA) is 81.8 Å². The summed E-state index contributed by atoms with van der Waals surface area (Å²) in [7, 11) is 0. The highest BCUT2D eigenvalue weighted by Crippen LogP contribution is 2.34. The van der Waals surface area contributed by atoms with Gasteiger partial charge in [-0.15, -0.1) is 0 Å². The normalized spacial score (nSPS) is 30.6. The minimum Gasteiger partial charge on any atom is -0.322 e. The average Bonchev–Trinajstić information content (AvgIpc) is 2.97. The number of rotatable bonds is 3. The lowest BCUT2D eigenvalue weighted by atomic mass is 9.83. The fourth-order valence-electron chi connectivity index (χ4n) is 5.07. The van der Waals surface area contributed by atoms with E-state index >= 15 is 0 Å². The molecule has 0 saturated carbocycles. The van der Waals surface area contributed by atoms with Gasteiger partial charge < -0.3 is 10.2 Å². The number of piperidine rings is 2. The van der Waals surface area contributed by atoms with Gasteiger partial charge in [-0.25, -0.2) is 0 Å². The lowest BCUT2D eigenvalue weighted by molar-refractivity contribution is -0.136. The monoisotopic (exact) mass is 368 g/mol. The molecule has 0 aromatic heterocycles. The molecule has 5 rings (SSSR count). The van der Waals surface area contributed by atoms with Crippen molar-refractivity contribution >= 4 is 17.7 Å². The largest absolute Gasteiger partial charge is 0.322 e. The molecule has 2 N–H and O–H groups in total. The van der Waals surface area contributed by atoms with Crippen LogP contribution in [0, 0.1) is 5.92 Å². The fourth-order valence-corrected chi connectivity index (χ4v) is 5.07. The quantitative estimate of drug-likeness (QED) is 0.747. The number of benzene rings is 1. The van der Waals surface area contributed by atoms with Gasteiger partial charge in [0.15, 0.2) is 0 Å². The van der Waals surface area contributed by atoms with Crippen LogP contribution in [0.1, 0.15) is 40.7 Å². The molecule has 3 saturated heterocycles. The Bertz CT molecular complexity index is 823. The molecule has 3 atom stereocenters. The smallest absolute Gasteiger partial charge is 0.255 e. The molecule has 1 aromatic carbocycles. The van der Waals surface area contributed by atoms with E-state index in [2.05, 4.69) is 21.6 Å². The third-order valence-electron chi connectivity index (χ3n) is 6.56. The summed E-state index contributed by atoms with van der Waals surface area (Å²) in [4.78, 5) is 40.7. The number of hydrogen-bond acceptors (Lipinski definition) is 5. The maximum absolute atomic E-state index is 12.9. The van der Waals surface area contributed by atoms with Crippen LogP contribution >= 0.6 is 0 Å². The van der Waals surface area contributed by atoms with Gasteiger partial charge >= 0.3 is 0 Å². The van der Waals surface area contributed by atoms with Crippen molar-refractivity contribution in [3.05, 3.63) is 34.9 Å². The van der Waals surface area contributed by atoms with Crippen LogP contribution in [0.3, 0.4) is 0 Å². The van der Waals surface area contributed by atoms with Gasteiger partial charge in [0.1, 0.15) is 6.04 Å². The predicted molar refractivity (Wildman–Crippen MR) is 97.7 cm³/mol. The van der Waals surface area contributed by atoms with Gasteiger partial charge in [0, 0.05) is 44.2 Å². The van der Waals surface area contributed by atoms with Crippen LogP contribution in [0.4, 0.5) is 0 Å². The molecular formula is C20H24N4O3. The highest BCUT2D eigenvalue weighted by molar-refractivity contribution is 6.05. The molecule has 1 aromatic rings. The summed E-state index contributed by atoms with van der Waals surface area (Å²) in [5.41, 5.74) is 2.94. The fraction of sp³-hybridized carbons (Fsp3) is 0.550. The molecule has 27 heavy (non-hydrogen) atoms. The summed E-state index contributed by atoms with van der Waals surface area (Å²) in [6.07, 6.45) is 1.87. The lowest BCUT2D eigenvalue weighted by Gasteiger charge is -2.51. The third-order valence-corrected chi connectivity index (χ3v) is 6.56. The van der Waals surface area contributed by atoms with Crippen LogP contribution in [0.15, 0.2) is 18.2 Å². The van der Waals surface area contributed by atoms with Gasteiger partial charge in [-0.1, -0.05) is 12.1 Å². The maximum Gasteiger partial charge on any atom is 0.255 e. The van der Waals surface area contributed by atoms with E-state index in [1.807, 2.05) is 12.1 Å². The van der Waals surface area contributed by atoms with Crippen LogP contribution in [0.2, 0.25) is 0 Å². The number of nitrogens with zero attached hydrogens (tertiary/aromatic N) is 2. The Morgan fingerprint density at radius 2 is 2.04 bits per heavy atom. The lowest BCUT2D eigenvalue weighted by Crippen LogP contribution is -2.62. The van der Waals surface area contributed by atoms with Gasteiger partial charge in [-0.3, -0.25) is 24.6 Å². The number of carbonyl (C=O) groups is 3. The molecule has 3 fully saturated rings. The SMILES string of the molecule is O=C1CCC(N2Cc3c(CN4CC5CNCCC54)cccc3C2=O)C(=O)N1. The minimum atomic E-state index is -0.548. The molecule has 4 heterocycles. The summed E-state index contributed by atoms with van der Waals surface area (Å²) >= 11 is 0. The van der Waals surface area contributed by atoms with Gasteiger partial charge in [0.05, 0.1) is 0 Å². The first-order valence-corrected chi connectivity index (χ1v) is 9.82. The molecule has 4 aliphatic heterocycles. The zero-order valence-corrected chi connectivity index (χ0v) is 15.2. The van der Waals surface area contributed by atoms with E-state index in [9.17, 15) is 14.4 Å². The van der Waals surface area contributed by atoms with Crippen molar-refractivity contribution in [2.24, 2.45) is 5.92 Å². The van der Waals surface area contributed by atoms with E-state index in [1.165, 1.54) is 12.0 Å². The molecule has 4 aliphatic rings. The van der Waals surface area contributed by atoms with Crippen molar-refractivity contribution in [2.45, 2.75) is 44.4 Å². The van der Waals surface area contributed by atoms with Crippen molar-refractivity contribution in [3.8, 4) is 0 Å². The van der Waals surface area contributed by atoms with Gasteiger partial charge in [0.25, 0.3) is 5.91 Å². The van der Waals surface area contributed by atoms with Gasteiger partial charge in [-0.05, 0) is 42.5 Å². The van der Waals surface area contributed by atoms with Crippen LogP contribution < -0.4 is 10.6 Å². The van der Waals surface area contributed by atoms with E-state index in [-0.39, 0.29) is 24.1 Å².